The highest BCUT2D eigenvalue weighted by Crippen LogP contribution is 2.31. The number of anilines is 2. The van der Waals surface area contributed by atoms with Crippen molar-refractivity contribution in [2.24, 2.45) is 0 Å². The van der Waals surface area contributed by atoms with Crippen molar-refractivity contribution in [1.29, 1.82) is 0 Å². The molecule has 6 nitrogen and oxygen atoms in total. The van der Waals surface area contributed by atoms with E-state index in [1.807, 2.05) is 74.5 Å². The Labute approximate surface area is 200 Å². The lowest BCUT2D eigenvalue weighted by Crippen LogP contribution is -2.22. The molecule has 4 rings (SSSR count). The third-order valence-corrected chi connectivity index (χ3v) is 7.02. The lowest BCUT2D eigenvalue weighted by molar-refractivity contribution is -0.115. The zero-order valence-electron chi connectivity index (χ0n) is 18.4. The highest BCUT2D eigenvalue weighted by molar-refractivity contribution is 8.00. The van der Waals surface area contributed by atoms with E-state index in [0.717, 1.165) is 26.4 Å². The molecule has 0 saturated carbocycles. The molecule has 1 atom stereocenters. The van der Waals surface area contributed by atoms with Gasteiger partial charge in [-0.25, -0.2) is 4.98 Å². The molecule has 2 amide bonds. The van der Waals surface area contributed by atoms with Crippen molar-refractivity contribution in [2.45, 2.75) is 24.0 Å². The third-order valence-electron chi connectivity index (χ3n) is 4.99. The summed E-state index contributed by atoms with van der Waals surface area (Å²) in [6.07, 6.45) is 0. The predicted octanol–water partition coefficient (Wildman–Crippen LogP) is 5.98. The highest BCUT2D eigenvalue weighted by atomic mass is 32.2. The maximum absolute atomic E-state index is 12.7. The molecule has 1 aromatic heterocycles. The number of nitrogens with zero attached hydrogens (tertiary/aromatic N) is 1. The van der Waals surface area contributed by atoms with Gasteiger partial charge >= 0.3 is 0 Å². The van der Waals surface area contributed by atoms with Crippen LogP contribution in [0.25, 0.3) is 10.2 Å². The van der Waals surface area contributed by atoms with E-state index in [2.05, 4.69) is 15.6 Å². The summed E-state index contributed by atoms with van der Waals surface area (Å²) in [5.41, 5.74) is 3.05. The molecule has 0 bridgehead atoms. The largest absolute Gasteiger partial charge is 0.497 e. The van der Waals surface area contributed by atoms with Gasteiger partial charge in [0.05, 0.1) is 22.6 Å². The number of hydrogen-bond acceptors (Lipinski definition) is 6. The molecule has 1 unspecified atom stereocenters. The molecular weight excluding hydrogens is 454 g/mol. The number of benzene rings is 3. The number of thiazole rings is 1. The minimum absolute atomic E-state index is 0.139. The zero-order chi connectivity index (χ0) is 23.4. The van der Waals surface area contributed by atoms with Gasteiger partial charge in [-0.3, -0.25) is 9.59 Å². The van der Waals surface area contributed by atoms with Crippen molar-refractivity contribution in [3.63, 3.8) is 0 Å². The smallest absolute Gasteiger partial charge is 0.255 e. The first kappa shape index (κ1) is 22.8. The Kier molecular flexibility index (Phi) is 6.96. The van der Waals surface area contributed by atoms with Crippen molar-refractivity contribution >= 4 is 55.9 Å². The van der Waals surface area contributed by atoms with Crippen molar-refractivity contribution in [1.82, 2.24) is 4.98 Å². The van der Waals surface area contributed by atoms with Gasteiger partial charge in [0.2, 0.25) is 5.91 Å². The highest BCUT2D eigenvalue weighted by Gasteiger charge is 2.17. The summed E-state index contributed by atoms with van der Waals surface area (Å²) < 4.78 is 6.19. The third kappa shape index (κ3) is 5.53. The van der Waals surface area contributed by atoms with Crippen LogP contribution in [-0.2, 0) is 4.79 Å². The minimum Gasteiger partial charge on any atom is -0.497 e. The van der Waals surface area contributed by atoms with Gasteiger partial charge in [0.1, 0.15) is 5.75 Å². The molecule has 33 heavy (non-hydrogen) atoms. The van der Waals surface area contributed by atoms with Gasteiger partial charge in [-0.15, -0.1) is 11.8 Å². The number of nitrogens with one attached hydrogen (secondary N) is 2. The Balaban J connectivity index is 1.40. The molecule has 2 N–H and O–H groups in total. The van der Waals surface area contributed by atoms with Gasteiger partial charge in [-0.1, -0.05) is 35.6 Å². The molecule has 0 radical (unpaired) electrons. The van der Waals surface area contributed by atoms with Crippen molar-refractivity contribution < 1.29 is 14.3 Å². The normalized spacial score (nSPS) is 11.7. The van der Waals surface area contributed by atoms with E-state index in [1.54, 1.807) is 13.2 Å². The van der Waals surface area contributed by atoms with Crippen molar-refractivity contribution in [3.8, 4) is 5.75 Å². The van der Waals surface area contributed by atoms with Gasteiger partial charge in [-0.2, -0.15) is 0 Å². The van der Waals surface area contributed by atoms with Crippen LogP contribution in [0.15, 0.2) is 71.6 Å². The summed E-state index contributed by atoms with van der Waals surface area (Å²) in [4.78, 5) is 30.7. The second-order valence-electron chi connectivity index (χ2n) is 7.40. The van der Waals surface area contributed by atoms with Gasteiger partial charge in [-0.05, 0) is 61.9 Å². The van der Waals surface area contributed by atoms with Crippen LogP contribution in [0.1, 0.15) is 22.8 Å². The lowest BCUT2D eigenvalue weighted by atomic mass is 10.1. The minimum atomic E-state index is -0.353. The van der Waals surface area contributed by atoms with Crippen molar-refractivity contribution in [3.05, 3.63) is 77.9 Å². The SMILES string of the molecule is COc1ccc2nc(NC(=O)C(C)Sc3cccc(NC(=O)c4ccccc4C)c3)sc2c1. The first-order chi connectivity index (χ1) is 15.9. The van der Waals surface area contributed by atoms with Crippen molar-refractivity contribution in [2.75, 3.05) is 17.7 Å². The standard InChI is InChI=1S/C25H23N3O3S2/c1-15-7-4-5-10-20(15)24(30)26-17-8-6-9-19(13-17)32-16(2)23(29)28-25-27-21-12-11-18(31-3)14-22(21)33-25/h4-14,16H,1-3H3,(H,26,30)(H,27,28,29). The molecular formula is C25H23N3O3S2. The molecule has 4 aromatic rings. The molecule has 0 aliphatic heterocycles. The molecule has 0 saturated heterocycles. The Morgan fingerprint density at radius 1 is 1.03 bits per heavy atom. The molecule has 1 heterocycles. The quantitative estimate of drug-likeness (QED) is 0.320. The average molecular weight is 478 g/mol. The molecule has 8 heteroatoms. The maximum Gasteiger partial charge on any atom is 0.255 e. The summed E-state index contributed by atoms with van der Waals surface area (Å²) in [6, 6.07) is 20.6. The number of rotatable bonds is 7. The van der Waals surface area contributed by atoms with E-state index in [1.165, 1.54) is 23.1 Å². The zero-order valence-corrected chi connectivity index (χ0v) is 20.0. The van der Waals surface area contributed by atoms with Crippen LogP contribution < -0.4 is 15.4 Å². The summed E-state index contributed by atoms with van der Waals surface area (Å²) in [7, 11) is 1.62. The summed E-state index contributed by atoms with van der Waals surface area (Å²) >= 11 is 2.82. The maximum atomic E-state index is 12.7. The Bertz CT molecular complexity index is 1320. The second-order valence-corrected chi connectivity index (χ2v) is 9.84. The van der Waals surface area contributed by atoms with Crippen LogP contribution in [-0.4, -0.2) is 29.2 Å². The molecule has 168 valence electrons. The van der Waals surface area contributed by atoms with Crippen LogP contribution in [0.2, 0.25) is 0 Å². The number of methoxy groups -OCH3 is 1. The van der Waals surface area contributed by atoms with Gasteiger partial charge < -0.3 is 15.4 Å². The van der Waals surface area contributed by atoms with Crippen LogP contribution in [0, 0.1) is 6.92 Å². The molecule has 3 aromatic carbocycles. The number of carbonyl (C=O) groups excluding carboxylic acids is 2. The number of hydrogen-bond donors (Lipinski definition) is 2. The number of amides is 2. The number of thioether (sulfide) groups is 1. The topological polar surface area (TPSA) is 80.3 Å². The Morgan fingerprint density at radius 2 is 1.85 bits per heavy atom. The molecule has 0 spiro atoms. The van der Waals surface area contributed by atoms with Gasteiger partial charge in [0.15, 0.2) is 5.13 Å². The monoisotopic (exact) mass is 477 g/mol. The van der Waals surface area contributed by atoms with Crippen LogP contribution in [0.5, 0.6) is 5.75 Å². The predicted molar refractivity (Wildman–Crippen MR) is 136 cm³/mol. The fourth-order valence-electron chi connectivity index (χ4n) is 3.22. The van der Waals surface area contributed by atoms with E-state index >= 15 is 0 Å². The first-order valence-electron chi connectivity index (χ1n) is 10.3. The first-order valence-corrected chi connectivity index (χ1v) is 12.0. The molecule has 0 aliphatic rings. The van der Waals surface area contributed by atoms with Gasteiger partial charge in [0, 0.05) is 16.1 Å². The summed E-state index contributed by atoms with van der Waals surface area (Å²) in [5, 5.41) is 6.03. The number of carbonyl (C=O) groups is 2. The Hall–Kier alpha value is -3.36. The van der Waals surface area contributed by atoms with E-state index < -0.39 is 0 Å². The molecule has 0 aliphatic carbocycles. The number of ether oxygens (including phenoxy) is 1. The van der Waals surface area contributed by atoms with E-state index in [0.29, 0.717) is 16.4 Å². The molecule has 0 fully saturated rings. The summed E-state index contributed by atoms with van der Waals surface area (Å²) in [5.74, 6) is 0.455. The van der Waals surface area contributed by atoms with Gasteiger partial charge in [0.25, 0.3) is 5.91 Å². The average Bonchev–Trinajstić information content (AvgIpc) is 3.20. The van der Waals surface area contributed by atoms with Crippen LogP contribution in [0.4, 0.5) is 10.8 Å². The number of aromatic nitrogens is 1. The number of aryl methyl sites for hydroxylation is 1. The van der Waals surface area contributed by atoms with Crippen LogP contribution >= 0.6 is 23.1 Å². The number of fused-ring (bicyclic) bond motifs is 1. The van der Waals surface area contributed by atoms with E-state index in [4.69, 9.17) is 4.74 Å². The van der Waals surface area contributed by atoms with E-state index in [9.17, 15) is 9.59 Å². The lowest BCUT2D eigenvalue weighted by Gasteiger charge is -2.12. The van der Waals surface area contributed by atoms with E-state index in [-0.39, 0.29) is 17.1 Å². The van der Waals surface area contributed by atoms with Crippen LogP contribution in [0.3, 0.4) is 0 Å². The fourth-order valence-corrected chi connectivity index (χ4v) is 5.05. The fraction of sp³-hybridized carbons (Fsp3) is 0.160. The summed E-state index contributed by atoms with van der Waals surface area (Å²) in [6.45, 7) is 3.75. The Morgan fingerprint density at radius 3 is 2.64 bits per heavy atom. The second kappa shape index (κ2) is 10.1.